The fourth-order valence-electron chi connectivity index (χ4n) is 1.48. The number of para-hydroxylation sites is 1. The minimum Gasteiger partial charge on any atom is -0.465 e. The lowest BCUT2D eigenvalue weighted by Crippen LogP contribution is -2.30. The Labute approximate surface area is 71.8 Å². The summed E-state index contributed by atoms with van der Waals surface area (Å²) in [5.41, 5.74) is 1.19. The molecule has 2 nitrogen and oxygen atoms in total. The van der Waals surface area contributed by atoms with Crippen LogP contribution in [0.3, 0.4) is 0 Å². The average molecular weight is 164 g/mol. The van der Waals surface area contributed by atoms with E-state index in [0.29, 0.717) is 0 Å². The number of hydrogen-bond acceptors (Lipinski definition) is 2. The lowest BCUT2D eigenvalue weighted by molar-refractivity contribution is -0.0669. The highest BCUT2D eigenvalue weighted by Crippen LogP contribution is 2.29. The molecule has 12 heavy (non-hydrogen) atoms. The summed E-state index contributed by atoms with van der Waals surface area (Å²) in [6.07, 6.45) is 0.261. The van der Waals surface area contributed by atoms with Crippen molar-refractivity contribution in [1.29, 1.82) is 0 Å². The summed E-state index contributed by atoms with van der Waals surface area (Å²) in [4.78, 5) is 0. The SMILES string of the molecule is CC1Cc2ccccc2OC1O. The van der Waals surface area contributed by atoms with Crippen LogP contribution in [0.15, 0.2) is 24.3 Å². The second-order valence-electron chi connectivity index (χ2n) is 3.30. The summed E-state index contributed by atoms with van der Waals surface area (Å²) in [6.45, 7) is 1.99. The van der Waals surface area contributed by atoms with Gasteiger partial charge in [0.15, 0.2) is 6.29 Å². The van der Waals surface area contributed by atoms with Crippen molar-refractivity contribution < 1.29 is 9.84 Å². The normalized spacial score (nSPS) is 27.5. The Hall–Kier alpha value is -1.02. The molecule has 2 rings (SSSR count). The number of fused-ring (bicyclic) bond motifs is 1. The summed E-state index contributed by atoms with van der Waals surface area (Å²) in [7, 11) is 0. The molecule has 64 valence electrons. The Morgan fingerprint density at radius 1 is 1.42 bits per heavy atom. The van der Waals surface area contributed by atoms with Crippen LogP contribution >= 0.6 is 0 Å². The van der Waals surface area contributed by atoms with Crippen molar-refractivity contribution in [2.45, 2.75) is 19.6 Å². The van der Waals surface area contributed by atoms with Gasteiger partial charge in [-0.25, -0.2) is 0 Å². The highest BCUT2D eigenvalue weighted by atomic mass is 16.6. The van der Waals surface area contributed by atoms with Gasteiger partial charge in [0, 0.05) is 5.92 Å². The highest BCUT2D eigenvalue weighted by molar-refractivity contribution is 5.35. The highest BCUT2D eigenvalue weighted by Gasteiger charge is 2.23. The van der Waals surface area contributed by atoms with E-state index in [9.17, 15) is 5.11 Å². The molecule has 2 heteroatoms. The summed E-state index contributed by atoms with van der Waals surface area (Å²) < 4.78 is 5.30. The lowest BCUT2D eigenvalue weighted by Gasteiger charge is -2.27. The van der Waals surface area contributed by atoms with Gasteiger partial charge in [-0.1, -0.05) is 25.1 Å². The second-order valence-corrected chi connectivity index (χ2v) is 3.30. The molecule has 0 spiro atoms. The van der Waals surface area contributed by atoms with E-state index in [1.165, 1.54) is 5.56 Å². The van der Waals surface area contributed by atoms with E-state index >= 15 is 0 Å². The molecule has 1 N–H and O–H groups in total. The number of aliphatic hydroxyl groups excluding tert-OH is 1. The minimum absolute atomic E-state index is 0.194. The molecule has 0 radical (unpaired) electrons. The number of hydrogen-bond donors (Lipinski definition) is 1. The molecule has 0 saturated heterocycles. The van der Waals surface area contributed by atoms with Crippen molar-refractivity contribution in [3.05, 3.63) is 29.8 Å². The summed E-state index contributed by atoms with van der Waals surface area (Å²) in [6, 6.07) is 7.84. The summed E-state index contributed by atoms with van der Waals surface area (Å²) >= 11 is 0. The van der Waals surface area contributed by atoms with Crippen LogP contribution in [0.1, 0.15) is 12.5 Å². The first-order chi connectivity index (χ1) is 5.77. The van der Waals surface area contributed by atoms with Gasteiger partial charge >= 0.3 is 0 Å². The van der Waals surface area contributed by atoms with E-state index in [2.05, 4.69) is 0 Å². The molecule has 0 fully saturated rings. The average Bonchev–Trinajstić information content (AvgIpc) is 2.07. The van der Waals surface area contributed by atoms with Crippen LogP contribution in [-0.4, -0.2) is 11.4 Å². The van der Waals surface area contributed by atoms with Crippen molar-refractivity contribution in [3.8, 4) is 5.75 Å². The Balaban J connectivity index is 2.34. The third-order valence-corrected chi connectivity index (χ3v) is 2.25. The van der Waals surface area contributed by atoms with E-state index in [0.717, 1.165) is 12.2 Å². The maximum atomic E-state index is 9.40. The van der Waals surface area contributed by atoms with E-state index in [1.54, 1.807) is 0 Å². The van der Waals surface area contributed by atoms with Crippen LogP contribution < -0.4 is 4.74 Å². The maximum absolute atomic E-state index is 9.40. The molecule has 1 aliphatic heterocycles. The van der Waals surface area contributed by atoms with Crippen molar-refractivity contribution in [2.24, 2.45) is 5.92 Å². The number of rotatable bonds is 0. The number of aliphatic hydroxyl groups is 1. The molecule has 0 saturated carbocycles. The lowest BCUT2D eigenvalue weighted by atomic mass is 9.97. The van der Waals surface area contributed by atoms with Crippen molar-refractivity contribution in [1.82, 2.24) is 0 Å². The first kappa shape index (κ1) is 7.62. The van der Waals surface area contributed by atoms with Gasteiger partial charge in [0.1, 0.15) is 5.75 Å². The van der Waals surface area contributed by atoms with Crippen LogP contribution in [0.5, 0.6) is 5.75 Å². The van der Waals surface area contributed by atoms with Gasteiger partial charge in [0.05, 0.1) is 0 Å². The molecule has 0 aliphatic carbocycles. The van der Waals surface area contributed by atoms with Crippen LogP contribution in [-0.2, 0) is 6.42 Å². The standard InChI is InChI=1S/C10H12O2/c1-7-6-8-4-2-3-5-9(8)12-10(7)11/h2-5,7,10-11H,6H2,1H3. The Kier molecular flexibility index (Phi) is 1.77. The van der Waals surface area contributed by atoms with Gasteiger partial charge in [-0.3, -0.25) is 0 Å². The topological polar surface area (TPSA) is 29.5 Å². The second kappa shape index (κ2) is 2.79. The molecule has 1 aromatic carbocycles. The fourth-order valence-corrected chi connectivity index (χ4v) is 1.48. The Morgan fingerprint density at radius 2 is 2.17 bits per heavy atom. The van der Waals surface area contributed by atoms with Gasteiger partial charge < -0.3 is 9.84 Å². The van der Waals surface area contributed by atoms with Gasteiger partial charge in [0.2, 0.25) is 0 Å². The van der Waals surface area contributed by atoms with Crippen LogP contribution in [0.2, 0.25) is 0 Å². The zero-order valence-electron chi connectivity index (χ0n) is 7.03. The number of benzene rings is 1. The quantitative estimate of drug-likeness (QED) is 0.630. The predicted octanol–water partition coefficient (Wildman–Crippen LogP) is 1.58. The zero-order valence-corrected chi connectivity index (χ0v) is 7.03. The van der Waals surface area contributed by atoms with Crippen molar-refractivity contribution in [3.63, 3.8) is 0 Å². The van der Waals surface area contributed by atoms with Gasteiger partial charge in [-0.05, 0) is 18.1 Å². The van der Waals surface area contributed by atoms with Crippen LogP contribution in [0.4, 0.5) is 0 Å². The molecule has 0 aromatic heterocycles. The molecule has 2 atom stereocenters. The van der Waals surface area contributed by atoms with E-state index in [-0.39, 0.29) is 5.92 Å². The van der Waals surface area contributed by atoms with Crippen molar-refractivity contribution in [2.75, 3.05) is 0 Å². The Bertz CT molecular complexity index is 254. The molecule has 1 aliphatic rings. The molecule has 1 heterocycles. The minimum atomic E-state index is -0.639. The molecule has 2 unspecified atom stereocenters. The first-order valence-electron chi connectivity index (χ1n) is 4.20. The molecular weight excluding hydrogens is 152 g/mol. The fraction of sp³-hybridized carbons (Fsp3) is 0.400. The molecule has 0 bridgehead atoms. The van der Waals surface area contributed by atoms with Gasteiger partial charge in [-0.15, -0.1) is 0 Å². The molecule has 1 aromatic rings. The van der Waals surface area contributed by atoms with E-state index < -0.39 is 6.29 Å². The zero-order chi connectivity index (χ0) is 8.55. The molecular formula is C10H12O2. The summed E-state index contributed by atoms with van der Waals surface area (Å²) in [5, 5.41) is 9.40. The Morgan fingerprint density at radius 3 is 3.00 bits per heavy atom. The first-order valence-corrected chi connectivity index (χ1v) is 4.20. The maximum Gasteiger partial charge on any atom is 0.200 e. The summed E-state index contributed by atoms with van der Waals surface area (Å²) in [5.74, 6) is 1.02. The smallest absolute Gasteiger partial charge is 0.200 e. The van der Waals surface area contributed by atoms with Gasteiger partial charge in [0.25, 0.3) is 0 Å². The van der Waals surface area contributed by atoms with Crippen molar-refractivity contribution >= 4 is 0 Å². The van der Waals surface area contributed by atoms with Gasteiger partial charge in [-0.2, -0.15) is 0 Å². The van der Waals surface area contributed by atoms with E-state index in [1.807, 2.05) is 31.2 Å². The van der Waals surface area contributed by atoms with Crippen LogP contribution in [0.25, 0.3) is 0 Å². The number of ether oxygens (including phenoxy) is 1. The third-order valence-electron chi connectivity index (χ3n) is 2.25. The van der Waals surface area contributed by atoms with E-state index in [4.69, 9.17) is 4.74 Å². The predicted molar refractivity (Wildman–Crippen MR) is 45.9 cm³/mol. The third kappa shape index (κ3) is 1.18. The monoisotopic (exact) mass is 164 g/mol. The van der Waals surface area contributed by atoms with Crippen LogP contribution in [0, 0.1) is 5.92 Å². The molecule has 0 amide bonds. The largest absolute Gasteiger partial charge is 0.465 e.